The second kappa shape index (κ2) is 5.99. The fourth-order valence-electron chi connectivity index (χ4n) is 1.67. The van der Waals surface area contributed by atoms with Crippen LogP contribution in [-0.2, 0) is 16.6 Å². The molecule has 0 aliphatic rings. The van der Waals surface area contributed by atoms with Gasteiger partial charge in [-0.15, -0.1) is 0 Å². The van der Waals surface area contributed by atoms with Gasteiger partial charge in [-0.2, -0.15) is 0 Å². The Labute approximate surface area is 126 Å². The molecule has 0 unspecified atom stereocenters. The molecule has 0 aliphatic heterocycles. The second-order valence-electron chi connectivity index (χ2n) is 4.35. The summed E-state index contributed by atoms with van der Waals surface area (Å²) < 4.78 is 32.7. The van der Waals surface area contributed by atoms with Gasteiger partial charge in [0.05, 0.1) is 6.54 Å². The number of aryl methyl sites for hydroxylation is 1. The van der Waals surface area contributed by atoms with E-state index in [2.05, 4.69) is 26.0 Å². The van der Waals surface area contributed by atoms with Crippen molar-refractivity contribution in [3.8, 4) is 0 Å². The monoisotopic (exact) mass is 358 g/mol. The van der Waals surface area contributed by atoms with Crippen molar-refractivity contribution >= 4 is 31.6 Å². The Balaban J connectivity index is 2.28. The van der Waals surface area contributed by atoms with Gasteiger partial charge in [-0.3, -0.25) is 4.72 Å². The highest BCUT2D eigenvalue weighted by molar-refractivity contribution is 9.10. The maximum Gasteiger partial charge on any atom is 0.266 e. The Morgan fingerprint density at radius 3 is 2.50 bits per heavy atom. The van der Waals surface area contributed by atoms with E-state index in [0.717, 1.165) is 5.56 Å². The van der Waals surface area contributed by atoms with Crippen molar-refractivity contribution in [3.63, 3.8) is 0 Å². The molecule has 20 heavy (non-hydrogen) atoms. The highest BCUT2D eigenvalue weighted by Crippen LogP contribution is 2.27. The summed E-state index contributed by atoms with van der Waals surface area (Å²) in [7, 11) is -1.91. The molecule has 2 rings (SSSR count). The van der Waals surface area contributed by atoms with E-state index in [4.69, 9.17) is 4.42 Å². The summed E-state index contributed by atoms with van der Waals surface area (Å²) in [4.78, 5) is 0.0864. The first kappa shape index (κ1) is 15.1. The van der Waals surface area contributed by atoms with E-state index >= 15 is 0 Å². The smallest absolute Gasteiger partial charge is 0.266 e. The number of furan rings is 1. The Morgan fingerprint density at radius 1 is 1.25 bits per heavy atom. The summed E-state index contributed by atoms with van der Waals surface area (Å²) in [6.45, 7) is 2.40. The topological polar surface area (TPSA) is 71.3 Å². The van der Waals surface area contributed by atoms with Gasteiger partial charge in [0.25, 0.3) is 10.0 Å². The summed E-state index contributed by atoms with van der Waals surface area (Å²) in [5.74, 6) is 0.545. The maximum absolute atomic E-state index is 12.3. The molecule has 5 nitrogen and oxygen atoms in total. The van der Waals surface area contributed by atoms with Crippen LogP contribution >= 0.6 is 15.9 Å². The Kier molecular flexibility index (Phi) is 4.52. The van der Waals surface area contributed by atoms with Gasteiger partial charge >= 0.3 is 0 Å². The van der Waals surface area contributed by atoms with Gasteiger partial charge in [-0.1, -0.05) is 17.7 Å². The van der Waals surface area contributed by atoms with Gasteiger partial charge in [-0.25, -0.2) is 8.42 Å². The molecule has 1 aromatic heterocycles. The Hall–Kier alpha value is -1.31. The summed E-state index contributed by atoms with van der Waals surface area (Å²) in [6.07, 6.45) is 0. The molecule has 0 saturated carbocycles. The Bertz CT molecular complexity index is 693. The number of halogens is 1. The van der Waals surface area contributed by atoms with Crippen molar-refractivity contribution in [1.82, 2.24) is 5.32 Å². The molecule has 0 amide bonds. The van der Waals surface area contributed by atoms with E-state index in [1.54, 1.807) is 19.2 Å². The van der Waals surface area contributed by atoms with Crippen LogP contribution in [0.25, 0.3) is 0 Å². The summed E-state index contributed by atoms with van der Waals surface area (Å²) in [6, 6.07) is 8.62. The average molecular weight is 359 g/mol. The van der Waals surface area contributed by atoms with Crippen LogP contribution in [0.4, 0.5) is 5.69 Å². The lowest BCUT2D eigenvalue weighted by atomic mass is 10.2. The highest BCUT2D eigenvalue weighted by Gasteiger charge is 2.22. The molecule has 0 radical (unpaired) electrons. The van der Waals surface area contributed by atoms with Crippen molar-refractivity contribution in [1.29, 1.82) is 0 Å². The zero-order valence-corrected chi connectivity index (χ0v) is 13.5. The van der Waals surface area contributed by atoms with Gasteiger partial charge in [0, 0.05) is 11.8 Å². The van der Waals surface area contributed by atoms with Crippen molar-refractivity contribution < 1.29 is 12.8 Å². The number of nitrogens with one attached hydrogen (secondary N) is 2. The minimum atomic E-state index is -3.67. The lowest BCUT2D eigenvalue weighted by molar-refractivity contribution is 0.470. The summed E-state index contributed by atoms with van der Waals surface area (Å²) in [5, 5.41) is 2.90. The van der Waals surface area contributed by atoms with Crippen LogP contribution in [0.3, 0.4) is 0 Å². The summed E-state index contributed by atoms with van der Waals surface area (Å²) >= 11 is 3.13. The molecule has 1 aromatic carbocycles. The third-order valence-corrected chi connectivity index (χ3v) is 4.89. The third-order valence-electron chi connectivity index (χ3n) is 2.65. The van der Waals surface area contributed by atoms with Gasteiger partial charge < -0.3 is 9.73 Å². The minimum absolute atomic E-state index is 0.0864. The molecule has 2 N–H and O–H groups in total. The normalized spacial score (nSPS) is 11.6. The first-order valence-electron chi connectivity index (χ1n) is 5.94. The first-order valence-corrected chi connectivity index (χ1v) is 8.22. The molecular weight excluding hydrogens is 344 g/mol. The number of benzene rings is 1. The van der Waals surface area contributed by atoms with E-state index in [9.17, 15) is 8.42 Å². The van der Waals surface area contributed by atoms with Gasteiger partial charge in [0.2, 0.25) is 0 Å². The van der Waals surface area contributed by atoms with Gasteiger partial charge in [0.15, 0.2) is 4.67 Å². The zero-order valence-electron chi connectivity index (χ0n) is 11.1. The molecule has 0 saturated heterocycles. The summed E-state index contributed by atoms with van der Waals surface area (Å²) in [5.41, 5.74) is 1.58. The van der Waals surface area contributed by atoms with E-state index in [-0.39, 0.29) is 9.56 Å². The van der Waals surface area contributed by atoms with Crippen molar-refractivity contribution in [2.75, 3.05) is 11.8 Å². The van der Waals surface area contributed by atoms with Crippen LogP contribution in [0.5, 0.6) is 0 Å². The fraction of sp³-hybridized carbons (Fsp3) is 0.231. The molecule has 108 valence electrons. The zero-order chi connectivity index (χ0) is 14.8. The molecule has 2 aromatic rings. The second-order valence-corrected chi connectivity index (χ2v) is 6.72. The number of hydrogen-bond donors (Lipinski definition) is 2. The quantitative estimate of drug-likeness (QED) is 0.861. The van der Waals surface area contributed by atoms with E-state index in [1.807, 2.05) is 19.1 Å². The molecule has 7 heteroatoms. The average Bonchev–Trinajstić information content (AvgIpc) is 2.74. The van der Waals surface area contributed by atoms with Gasteiger partial charge in [0.1, 0.15) is 10.7 Å². The molecule has 0 atom stereocenters. The molecule has 0 spiro atoms. The predicted octanol–water partition coefficient (Wildman–Crippen LogP) is 2.87. The van der Waals surface area contributed by atoms with Crippen LogP contribution in [0.15, 0.2) is 44.3 Å². The lowest BCUT2D eigenvalue weighted by Crippen LogP contribution is -2.12. The largest absolute Gasteiger partial charge is 0.451 e. The number of anilines is 1. The van der Waals surface area contributed by atoms with Crippen LogP contribution in [-0.4, -0.2) is 15.5 Å². The predicted molar refractivity (Wildman–Crippen MR) is 81.2 cm³/mol. The molecule has 0 fully saturated rings. The van der Waals surface area contributed by atoms with Crippen LogP contribution in [0.1, 0.15) is 11.3 Å². The van der Waals surface area contributed by atoms with E-state index in [1.165, 1.54) is 6.07 Å². The number of sulfonamides is 1. The lowest BCUT2D eigenvalue weighted by Gasteiger charge is -2.06. The van der Waals surface area contributed by atoms with Gasteiger partial charge in [-0.05, 0) is 42.0 Å². The highest BCUT2D eigenvalue weighted by atomic mass is 79.9. The SMILES string of the molecule is CNCc1cc(S(=O)(=O)Nc2ccc(C)cc2)c(Br)o1. The fourth-order valence-corrected chi connectivity index (χ4v) is 3.73. The maximum atomic E-state index is 12.3. The number of hydrogen-bond acceptors (Lipinski definition) is 4. The molecule has 1 heterocycles. The van der Waals surface area contributed by atoms with Crippen molar-refractivity contribution in [3.05, 3.63) is 46.3 Å². The minimum Gasteiger partial charge on any atom is -0.451 e. The molecular formula is C13H15BrN2O3S. The standard InChI is InChI=1S/C13H15BrN2O3S/c1-9-3-5-10(6-4-9)16-20(17,18)12-7-11(8-15-2)19-13(12)14/h3-7,15-16H,8H2,1-2H3. The van der Waals surface area contributed by atoms with Crippen molar-refractivity contribution in [2.45, 2.75) is 18.4 Å². The van der Waals surface area contributed by atoms with Crippen LogP contribution < -0.4 is 10.0 Å². The van der Waals surface area contributed by atoms with Crippen LogP contribution in [0, 0.1) is 6.92 Å². The first-order chi connectivity index (χ1) is 9.42. The molecule has 0 bridgehead atoms. The number of rotatable bonds is 5. The molecule has 0 aliphatic carbocycles. The van der Waals surface area contributed by atoms with Crippen molar-refractivity contribution in [2.24, 2.45) is 0 Å². The Morgan fingerprint density at radius 2 is 1.90 bits per heavy atom. The third kappa shape index (κ3) is 3.41. The van der Waals surface area contributed by atoms with E-state index < -0.39 is 10.0 Å². The van der Waals surface area contributed by atoms with Crippen LogP contribution in [0.2, 0.25) is 0 Å². The van der Waals surface area contributed by atoms with E-state index in [0.29, 0.717) is 18.0 Å².